The summed E-state index contributed by atoms with van der Waals surface area (Å²) in [7, 11) is 0. The Kier molecular flexibility index (Phi) is 3.91. The quantitative estimate of drug-likeness (QED) is 0.845. The zero-order valence-corrected chi connectivity index (χ0v) is 9.32. The third-order valence-corrected chi connectivity index (χ3v) is 3.90. The summed E-state index contributed by atoms with van der Waals surface area (Å²) in [6, 6.07) is 7.54. The molecule has 0 aliphatic carbocycles. The Bertz CT molecular complexity index is 339. The predicted octanol–water partition coefficient (Wildman–Crippen LogP) is 2.29. The Balaban J connectivity index is 2.65. The average molecular weight is 334 g/mol. The summed E-state index contributed by atoms with van der Waals surface area (Å²) < 4.78 is 48.7. The minimum absolute atomic E-state index is 0.235. The molecule has 1 aromatic carbocycles. The molecule has 84 valence electrons. The van der Waals surface area contributed by atoms with Crippen LogP contribution in [0, 0.1) is 3.57 Å². The van der Waals surface area contributed by atoms with Gasteiger partial charge in [-0.05, 0) is 0 Å². The minimum atomic E-state index is -5.06. The molecule has 0 aliphatic heterocycles. The fourth-order valence-corrected chi connectivity index (χ4v) is 2.59. The summed E-state index contributed by atoms with van der Waals surface area (Å²) in [5.74, 6) is -2.35. The Morgan fingerprint density at radius 1 is 1.27 bits per heavy atom. The van der Waals surface area contributed by atoms with E-state index in [2.05, 4.69) is 3.07 Å². The number of hydrogen-bond donors (Lipinski definition) is 1. The van der Waals surface area contributed by atoms with Crippen molar-refractivity contribution in [1.82, 2.24) is 0 Å². The van der Waals surface area contributed by atoms with Crippen LogP contribution in [0.4, 0.5) is 13.2 Å². The van der Waals surface area contributed by atoms with Crippen molar-refractivity contribution in [2.24, 2.45) is 0 Å². The molecule has 0 saturated heterocycles. The molecule has 0 amide bonds. The van der Waals surface area contributed by atoms with Crippen molar-refractivity contribution < 1.29 is 24.5 Å². The van der Waals surface area contributed by atoms with Gasteiger partial charge in [-0.25, -0.2) is 0 Å². The van der Waals surface area contributed by atoms with Crippen LogP contribution in [0.1, 0.15) is 0 Å². The zero-order chi connectivity index (χ0) is 11.5. The van der Waals surface area contributed by atoms with E-state index in [1.807, 2.05) is 0 Å². The van der Waals surface area contributed by atoms with Crippen LogP contribution in [0.5, 0.6) is 0 Å². The van der Waals surface area contributed by atoms with Gasteiger partial charge >= 0.3 is 91.2 Å². The molecule has 0 aromatic heterocycles. The van der Waals surface area contributed by atoms with Crippen LogP contribution in [0.3, 0.4) is 0 Å². The number of halogens is 4. The van der Waals surface area contributed by atoms with E-state index in [9.17, 15) is 21.4 Å². The average Bonchev–Trinajstić information content (AvgIpc) is 2.17. The van der Waals surface area contributed by atoms with E-state index < -0.39 is 32.8 Å². The van der Waals surface area contributed by atoms with Gasteiger partial charge in [0, 0.05) is 0 Å². The van der Waals surface area contributed by atoms with E-state index in [1.165, 1.54) is 24.3 Å². The van der Waals surface area contributed by atoms with Gasteiger partial charge in [-0.3, -0.25) is 0 Å². The number of carbonyl (C=O) groups excluding carboxylic acids is 1. The SMILES string of the molecule is O=C(OI(O)c1ccccc1)C(F)(F)F. The molecule has 3 nitrogen and oxygen atoms in total. The molecule has 0 bridgehead atoms. The number of hydrogen-bond acceptors (Lipinski definition) is 3. The first-order valence-electron chi connectivity index (χ1n) is 3.65. The maximum atomic E-state index is 11.8. The van der Waals surface area contributed by atoms with Crippen LogP contribution >= 0.6 is 20.6 Å². The maximum absolute atomic E-state index is 11.8. The molecule has 0 aliphatic rings. The molecule has 1 N–H and O–H groups in total. The molecule has 0 fully saturated rings. The summed E-state index contributed by atoms with van der Waals surface area (Å²) in [4.78, 5) is 10.4. The number of benzene rings is 1. The summed E-state index contributed by atoms with van der Waals surface area (Å²) in [5, 5.41) is 0. The van der Waals surface area contributed by atoms with Crippen LogP contribution in [-0.2, 0) is 7.86 Å². The third-order valence-electron chi connectivity index (χ3n) is 1.29. The van der Waals surface area contributed by atoms with Crippen molar-refractivity contribution in [3.63, 3.8) is 0 Å². The van der Waals surface area contributed by atoms with Gasteiger partial charge in [0.1, 0.15) is 0 Å². The van der Waals surface area contributed by atoms with E-state index in [0.717, 1.165) is 0 Å². The molecule has 7 heteroatoms. The predicted molar refractivity (Wildman–Crippen MR) is 53.5 cm³/mol. The van der Waals surface area contributed by atoms with Gasteiger partial charge in [0.15, 0.2) is 0 Å². The number of rotatable bonds is 2. The van der Waals surface area contributed by atoms with Gasteiger partial charge in [-0.1, -0.05) is 0 Å². The fourth-order valence-electron chi connectivity index (χ4n) is 0.677. The monoisotopic (exact) mass is 334 g/mol. The second-order valence-corrected chi connectivity index (χ2v) is 5.39. The van der Waals surface area contributed by atoms with Crippen LogP contribution < -0.4 is 0 Å². The van der Waals surface area contributed by atoms with Gasteiger partial charge in [0.05, 0.1) is 0 Å². The van der Waals surface area contributed by atoms with Crippen LogP contribution in [0.15, 0.2) is 30.3 Å². The summed E-state index contributed by atoms with van der Waals surface area (Å²) in [5.41, 5.74) is 0. The van der Waals surface area contributed by atoms with Gasteiger partial charge in [-0.15, -0.1) is 0 Å². The van der Waals surface area contributed by atoms with Crippen LogP contribution in [0.2, 0.25) is 0 Å². The second kappa shape index (κ2) is 4.79. The third kappa shape index (κ3) is 3.67. The summed E-state index contributed by atoms with van der Waals surface area (Å²) in [6.07, 6.45) is -5.06. The standard InChI is InChI=1S/C8H6F3IO3/c9-8(10,11)7(13)15-12(14)6-4-2-1-3-5-6/h1-5,14H. The molecule has 15 heavy (non-hydrogen) atoms. The van der Waals surface area contributed by atoms with Crippen molar-refractivity contribution in [2.45, 2.75) is 6.18 Å². The van der Waals surface area contributed by atoms with Crippen molar-refractivity contribution in [2.75, 3.05) is 0 Å². The molecule has 0 heterocycles. The molecule has 0 unspecified atom stereocenters. The van der Waals surface area contributed by atoms with E-state index in [1.54, 1.807) is 6.07 Å². The molecule has 0 radical (unpaired) electrons. The molecular weight excluding hydrogens is 328 g/mol. The molecule has 1 aromatic rings. The zero-order valence-electron chi connectivity index (χ0n) is 7.16. The van der Waals surface area contributed by atoms with E-state index in [-0.39, 0.29) is 3.57 Å². The van der Waals surface area contributed by atoms with E-state index in [0.29, 0.717) is 0 Å². The van der Waals surface area contributed by atoms with Gasteiger partial charge < -0.3 is 0 Å². The number of alkyl halides is 3. The summed E-state index contributed by atoms with van der Waals surface area (Å²) in [6.45, 7) is 0. The van der Waals surface area contributed by atoms with E-state index >= 15 is 0 Å². The molecule has 1 rings (SSSR count). The van der Waals surface area contributed by atoms with Crippen molar-refractivity contribution in [1.29, 1.82) is 0 Å². The first-order chi connectivity index (χ1) is 6.91. The topological polar surface area (TPSA) is 46.5 Å². The number of carbonyl (C=O) groups is 1. The van der Waals surface area contributed by atoms with Crippen molar-refractivity contribution >= 4 is 26.6 Å². The van der Waals surface area contributed by atoms with Gasteiger partial charge in [-0.2, -0.15) is 0 Å². The molecule has 0 atom stereocenters. The van der Waals surface area contributed by atoms with Crippen molar-refractivity contribution in [3.05, 3.63) is 33.9 Å². The Morgan fingerprint density at radius 2 is 1.80 bits per heavy atom. The molecular formula is C8H6F3IO3. The van der Waals surface area contributed by atoms with Gasteiger partial charge in [0.2, 0.25) is 0 Å². The van der Waals surface area contributed by atoms with Gasteiger partial charge in [0.25, 0.3) is 0 Å². The summed E-state index contributed by atoms with van der Waals surface area (Å²) >= 11 is -3.46. The van der Waals surface area contributed by atoms with E-state index in [4.69, 9.17) is 0 Å². The van der Waals surface area contributed by atoms with Crippen LogP contribution in [-0.4, -0.2) is 15.6 Å². The fraction of sp³-hybridized carbons (Fsp3) is 0.125. The Labute approximate surface area is 91.3 Å². The van der Waals surface area contributed by atoms with Crippen LogP contribution in [0.25, 0.3) is 0 Å². The normalized spacial score (nSPS) is 12.1. The van der Waals surface area contributed by atoms with Crippen molar-refractivity contribution in [3.8, 4) is 0 Å². The Morgan fingerprint density at radius 3 is 2.27 bits per heavy atom. The second-order valence-electron chi connectivity index (χ2n) is 2.39. The molecule has 0 saturated carbocycles. The first-order valence-corrected chi connectivity index (χ1v) is 6.57. The molecule has 0 spiro atoms. The first kappa shape index (κ1) is 12.2. The Hall–Kier alpha value is -0.830.